The maximum atomic E-state index is 13.4. The van der Waals surface area contributed by atoms with Crippen molar-refractivity contribution < 1.29 is 14.4 Å². The standard InChI is InChI=1S/C22H21ClN4O3S/c1-2-17-25-26-22(31-17)24-16(28)10-15(13-5-3-4-6-14(13)23)27-20(29)18-11-7-8-12(9-11)19(18)21(27)30/h3-8,11-12,15,18-19H,2,9-10H2,1H3,(H,24,26,28). The summed E-state index contributed by atoms with van der Waals surface area (Å²) >= 11 is 7.74. The lowest BCUT2D eigenvalue weighted by Gasteiger charge is -2.28. The average Bonchev–Trinajstić information content (AvgIpc) is 3.52. The molecule has 1 aromatic heterocycles. The molecule has 0 radical (unpaired) electrons. The van der Waals surface area contributed by atoms with Crippen LogP contribution in [0.25, 0.3) is 0 Å². The van der Waals surface area contributed by atoms with Crippen LogP contribution < -0.4 is 5.32 Å². The molecule has 5 atom stereocenters. The summed E-state index contributed by atoms with van der Waals surface area (Å²) in [7, 11) is 0. The minimum Gasteiger partial charge on any atom is -0.300 e. The average molecular weight is 457 g/mol. The van der Waals surface area contributed by atoms with Gasteiger partial charge in [0.05, 0.1) is 24.3 Å². The number of carbonyl (C=O) groups excluding carboxylic acids is 3. The monoisotopic (exact) mass is 456 g/mol. The Morgan fingerprint density at radius 2 is 1.87 bits per heavy atom. The third-order valence-electron chi connectivity index (χ3n) is 6.47. The second-order valence-electron chi connectivity index (χ2n) is 8.19. The van der Waals surface area contributed by atoms with E-state index in [4.69, 9.17) is 11.6 Å². The van der Waals surface area contributed by atoms with Gasteiger partial charge < -0.3 is 5.32 Å². The number of nitrogens with one attached hydrogen (secondary N) is 1. The summed E-state index contributed by atoms with van der Waals surface area (Å²) in [5.41, 5.74) is 0.591. The van der Waals surface area contributed by atoms with Gasteiger partial charge in [-0.05, 0) is 36.3 Å². The van der Waals surface area contributed by atoms with Crippen LogP contribution in [0.2, 0.25) is 5.02 Å². The number of rotatable bonds is 6. The fourth-order valence-corrected chi connectivity index (χ4v) is 6.07. The van der Waals surface area contributed by atoms with Gasteiger partial charge in [0.2, 0.25) is 22.9 Å². The minimum atomic E-state index is -0.766. The van der Waals surface area contributed by atoms with E-state index in [2.05, 4.69) is 27.7 Å². The molecule has 3 amide bonds. The van der Waals surface area contributed by atoms with Crippen molar-refractivity contribution in [3.05, 3.63) is 52.0 Å². The molecule has 31 heavy (non-hydrogen) atoms. The second-order valence-corrected chi connectivity index (χ2v) is 9.66. The Bertz CT molecular complexity index is 1070. The number of likely N-dealkylation sites (tertiary alicyclic amines) is 1. The van der Waals surface area contributed by atoms with Gasteiger partial charge in [0.25, 0.3) is 0 Å². The highest BCUT2D eigenvalue weighted by molar-refractivity contribution is 7.15. The Kier molecular flexibility index (Phi) is 5.14. The molecule has 5 unspecified atom stereocenters. The van der Waals surface area contributed by atoms with Gasteiger partial charge in [0, 0.05) is 5.02 Å². The van der Waals surface area contributed by atoms with Crippen molar-refractivity contribution in [2.24, 2.45) is 23.7 Å². The first-order chi connectivity index (χ1) is 15.0. The van der Waals surface area contributed by atoms with E-state index >= 15 is 0 Å². The van der Waals surface area contributed by atoms with Gasteiger partial charge >= 0.3 is 0 Å². The van der Waals surface area contributed by atoms with Crippen LogP contribution in [0.5, 0.6) is 0 Å². The molecule has 1 saturated heterocycles. The van der Waals surface area contributed by atoms with Crippen molar-refractivity contribution in [1.29, 1.82) is 0 Å². The fraction of sp³-hybridized carbons (Fsp3) is 0.409. The lowest BCUT2D eigenvalue weighted by Crippen LogP contribution is -2.38. The number of halogens is 1. The topological polar surface area (TPSA) is 92.3 Å². The molecule has 160 valence electrons. The second kappa shape index (κ2) is 7.84. The third kappa shape index (κ3) is 3.38. The molecule has 2 aliphatic carbocycles. The van der Waals surface area contributed by atoms with E-state index in [9.17, 15) is 14.4 Å². The number of aromatic nitrogens is 2. The van der Waals surface area contributed by atoms with Crippen molar-refractivity contribution in [3.63, 3.8) is 0 Å². The first kappa shape index (κ1) is 20.3. The van der Waals surface area contributed by atoms with E-state index in [-0.39, 0.29) is 47.8 Å². The quantitative estimate of drug-likeness (QED) is 0.529. The molecule has 1 saturated carbocycles. The number of allylic oxidation sites excluding steroid dienone is 2. The van der Waals surface area contributed by atoms with Crippen LogP contribution in [0.15, 0.2) is 36.4 Å². The number of fused-ring (bicyclic) bond motifs is 5. The van der Waals surface area contributed by atoms with Gasteiger partial charge in [-0.15, -0.1) is 10.2 Å². The van der Waals surface area contributed by atoms with Crippen LogP contribution in [0.3, 0.4) is 0 Å². The molecule has 2 fully saturated rings. The molecule has 3 aliphatic rings. The summed E-state index contributed by atoms with van der Waals surface area (Å²) in [4.78, 5) is 40.9. The number of benzene rings is 1. The minimum absolute atomic E-state index is 0.0928. The Balaban J connectivity index is 1.44. The van der Waals surface area contributed by atoms with Gasteiger partial charge in [-0.25, -0.2) is 0 Å². The highest BCUT2D eigenvalue weighted by Crippen LogP contribution is 2.54. The highest BCUT2D eigenvalue weighted by Gasteiger charge is 2.60. The van der Waals surface area contributed by atoms with E-state index in [0.29, 0.717) is 15.7 Å². The van der Waals surface area contributed by atoms with Crippen LogP contribution in [0, 0.1) is 23.7 Å². The van der Waals surface area contributed by atoms with Crippen molar-refractivity contribution in [2.45, 2.75) is 32.2 Å². The van der Waals surface area contributed by atoms with Crippen LogP contribution in [0.4, 0.5) is 5.13 Å². The van der Waals surface area contributed by atoms with Gasteiger partial charge in [0.1, 0.15) is 5.01 Å². The molecule has 2 bridgehead atoms. The SMILES string of the molecule is CCc1nnc(NC(=O)CC(c2ccccc2Cl)N2C(=O)C3C4C=CC(C4)C3C2=O)s1. The number of carbonyl (C=O) groups is 3. The van der Waals surface area contributed by atoms with E-state index in [1.54, 1.807) is 24.3 Å². The predicted octanol–water partition coefficient (Wildman–Crippen LogP) is 3.63. The molecule has 0 spiro atoms. The zero-order valence-electron chi connectivity index (χ0n) is 16.8. The number of nitrogens with zero attached hydrogens (tertiary/aromatic N) is 3. The Morgan fingerprint density at radius 3 is 2.48 bits per heavy atom. The fourth-order valence-electron chi connectivity index (χ4n) is 5.11. The highest BCUT2D eigenvalue weighted by atomic mass is 35.5. The summed E-state index contributed by atoms with van der Waals surface area (Å²) < 4.78 is 0. The molecule has 9 heteroatoms. The Morgan fingerprint density at radius 1 is 1.19 bits per heavy atom. The number of amides is 3. The Labute approximate surface area is 188 Å². The normalized spacial score (nSPS) is 27.1. The van der Waals surface area contributed by atoms with E-state index < -0.39 is 6.04 Å². The lowest BCUT2D eigenvalue weighted by atomic mass is 9.85. The van der Waals surface area contributed by atoms with E-state index in [1.807, 2.05) is 6.92 Å². The Hall–Kier alpha value is -2.58. The van der Waals surface area contributed by atoms with E-state index in [1.165, 1.54) is 16.2 Å². The first-order valence-electron chi connectivity index (χ1n) is 10.4. The molecule has 1 aromatic carbocycles. The lowest BCUT2D eigenvalue weighted by molar-refractivity contribution is -0.144. The molecule has 2 aromatic rings. The molecule has 7 nitrogen and oxygen atoms in total. The van der Waals surface area contributed by atoms with Crippen molar-refractivity contribution >= 4 is 45.8 Å². The van der Waals surface area contributed by atoms with Crippen molar-refractivity contribution in [1.82, 2.24) is 15.1 Å². The molecule has 5 rings (SSSR count). The van der Waals surface area contributed by atoms with E-state index in [0.717, 1.165) is 17.8 Å². The number of aryl methyl sites for hydroxylation is 1. The van der Waals surface area contributed by atoms with Gasteiger partial charge in [-0.2, -0.15) is 0 Å². The molecule has 1 aliphatic heterocycles. The number of anilines is 1. The number of hydrogen-bond acceptors (Lipinski definition) is 6. The zero-order chi connectivity index (χ0) is 21.7. The van der Waals surface area contributed by atoms with Crippen LogP contribution in [-0.2, 0) is 20.8 Å². The largest absolute Gasteiger partial charge is 0.300 e. The molecule has 2 heterocycles. The third-order valence-corrected chi connectivity index (χ3v) is 7.80. The van der Waals surface area contributed by atoms with Crippen molar-refractivity contribution in [2.75, 3.05) is 5.32 Å². The maximum absolute atomic E-state index is 13.4. The number of hydrogen-bond donors (Lipinski definition) is 1. The summed E-state index contributed by atoms with van der Waals surface area (Å²) in [6, 6.07) is 6.28. The molecular formula is C22H21ClN4O3S. The summed E-state index contributed by atoms with van der Waals surface area (Å²) in [6.07, 6.45) is 5.60. The number of imide groups is 1. The van der Waals surface area contributed by atoms with Gasteiger partial charge in [-0.3, -0.25) is 19.3 Å². The zero-order valence-corrected chi connectivity index (χ0v) is 18.4. The summed E-state index contributed by atoms with van der Waals surface area (Å²) in [5, 5.41) is 12.4. The van der Waals surface area contributed by atoms with Crippen LogP contribution in [-0.4, -0.2) is 32.8 Å². The van der Waals surface area contributed by atoms with Gasteiger partial charge in [-0.1, -0.05) is 60.2 Å². The first-order valence-corrected chi connectivity index (χ1v) is 11.6. The molecular weight excluding hydrogens is 436 g/mol. The molecule has 1 N–H and O–H groups in total. The maximum Gasteiger partial charge on any atom is 0.234 e. The smallest absolute Gasteiger partial charge is 0.234 e. The van der Waals surface area contributed by atoms with Crippen molar-refractivity contribution in [3.8, 4) is 0 Å². The predicted molar refractivity (Wildman–Crippen MR) is 116 cm³/mol. The van der Waals surface area contributed by atoms with Crippen LogP contribution in [0.1, 0.15) is 36.4 Å². The summed E-state index contributed by atoms with van der Waals surface area (Å²) in [5.74, 6) is -1.20. The summed E-state index contributed by atoms with van der Waals surface area (Å²) in [6.45, 7) is 1.96. The van der Waals surface area contributed by atoms with Crippen LogP contribution >= 0.6 is 22.9 Å². The van der Waals surface area contributed by atoms with Gasteiger partial charge in [0.15, 0.2) is 0 Å².